The minimum Gasteiger partial charge on any atom is -0.442 e. The topological polar surface area (TPSA) is 120 Å². The van der Waals surface area contributed by atoms with E-state index in [9.17, 15) is 18.0 Å². The molecule has 0 aliphatic rings. The van der Waals surface area contributed by atoms with E-state index in [1.54, 1.807) is 43.3 Å². The Morgan fingerprint density at radius 1 is 1.17 bits per heavy atom. The summed E-state index contributed by atoms with van der Waals surface area (Å²) >= 11 is 0. The monoisotopic (exact) mass is 416 g/mol. The maximum absolute atomic E-state index is 12.4. The highest BCUT2D eigenvalue weighted by Crippen LogP contribution is 2.16. The van der Waals surface area contributed by atoms with Crippen LogP contribution in [0.1, 0.15) is 17.5 Å². The van der Waals surface area contributed by atoms with Crippen molar-refractivity contribution in [3.05, 3.63) is 63.9 Å². The molecule has 0 fully saturated rings. The second-order valence-corrected chi connectivity index (χ2v) is 8.21. The maximum Gasteiger partial charge on any atom is 0.308 e. The number of benzene rings is 2. The summed E-state index contributed by atoms with van der Waals surface area (Å²) in [7, 11) is -3.74. The summed E-state index contributed by atoms with van der Waals surface area (Å²) in [6.45, 7) is 3.04. The van der Waals surface area contributed by atoms with Crippen molar-refractivity contribution in [1.29, 1.82) is 0 Å². The third-order valence-electron chi connectivity index (χ3n) is 4.22. The Morgan fingerprint density at radius 3 is 2.69 bits per heavy atom. The lowest BCUT2D eigenvalue weighted by Gasteiger charge is -2.10. The van der Waals surface area contributed by atoms with Crippen LogP contribution in [0.5, 0.6) is 0 Å². The lowest BCUT2D eigenvalue weighted by atomic mass is 10.2. The number of nitrogens with zero attached hydrogens (tertiary/aromatic N) is 3. The molecule has 152 valence electrons. The van der Waals surface area contributed by atoms with Crippen molar-refractivity contribution in [3.63, 3.8) is 0 Å². The summed E-state index contributed by atoms with van der Waals surface area (Å²) in [5, 5.41) is 7.97. The van der Waals surface area contributed by atoms with Gasteiger partial charge in [-0.2, -0.15) is 4.68 Å². The van der Waals surface area contributed by atoms with E-state index in [1.165, 1.54) is 6.07 Å². The van der Waals surface area contributed by atoms with Crippen molar-refractivity contribution in [1.82, 2.24) is 19.7 Å². The molecule has 29 heavy (non-hydrogen) atoms. The smallest absolute Gasteiger partial charge is 0.308 e. The lowest BCUT2D eigenvalue weighted by Crippen LogP contribution is -2.29. The summed E-state index contributed by atoms with van der Waals surface area (Å²) in [5.74, 6) is -0.671. The number of carbonyl (C=O) groups is 1. The number of hydrogen-bond acceptors (Lipinski definition) is 7. The van der Waals surface area contributed by atoms with Gasteiger partial charge in [0.25, 0.3) is 5.56 Å². The molecule has 0 spiro atoms. The standard InChI is InChI=1S/C19H20N4O5S/c1-13-7-8-17(14(2)11-13)29(26,27)20-10-9-18(24)28-12-23-19(25)15-5-3-4-6-16(15)21-22-23/h3-8,11,20H,9-10,12H2,1-2H3. The molecule has 0 aliphatic carbocycles. The van der Waals surface area contributed by atoms with Gasteiger partial charge < -0.3 is 4.74 Å². The molecule has 0 radical (unpaired) electrons. The van der Waals surface area contributed by atoms with Gasteiger partial charge in [0.1, 0.15) is 5.52 Å². The number of esters is 1. The molecule has 0 unspecified atom stereocenters. The van der Waals surface area contributed by atoms with Crippen molar-refractivity contribution >= 4 is 26.9 Å². The Labute approximate surface area is 167 Å². The van der Waals surface area contributed by atoms with Gasteiger partial charge in [0.2, 0.25) is 10.0 Å². The first kappa shape index (κ1) is 20.6. The van der Waals surface area contributed by atoms with E-state index < -0.39 is 28.3 Å². The minimum absolute atomic E-state index is 0.132. The van der Waals surface area contributed by atoms with Crippen molar-refractivity contribution in [2.75, 3.05) is 6.54 Å². The van der Waals surface area contributed by atoms with Crippen LogP contribution < -0.4 is 10.3 Å². The number of carbonyl (C=O) groups excluding carboxylic acids is 1. The minimum atomic E-state index is -3.74. The third-order valence-corrected chi connectivity index (χ3v) is 5.84. The number of aromatic nitrogens is 3. The zero-order chi connectivity index (χ0) is 21.0. The summed E-state index contributed by atoms with van der Waals surface area (Å²) in [6.07, 6.45) is -0.195. The number of hydrogen-bond donors (Lipinski definition) is 1. The summed E-state index contributed by atoms with van der Waals surface area (Å²) in [6, 6.07) is 11.7. The van der Waals surface area contributed by atoms with E-state index in [-0.39, 0.29) is 17.9 Å². The summed E-state index contributed by atoms with van der Waals surface area (Å²) in [5.41, 5.74) is 1.59. The first-order valence-corrected chi connectivity index (χ1v) is 10.3. The van der Waals surface area contributed by atoms with Crippen molar-refractivity contribution in [3.8, 4) is 0 Å². The third kappa shape index (κ3) is 4.84. The van der Waals surface area contributed by atoms with Gasteiger partial charge >= 0.3 is 5.97 Å². The van der Waals surface area contributed by atoms with Gasteiger partial charge in [-0.05, 0) is 37.6 Å². The van der Waals surface area contributed by atoms with Crippen LogP contribution >= 0.6 is 0 Å². The molecular weight excluding hydrogens is 396 g/mol. The molecule has 10 heteroatoms. The molecule has 0 amide bonds. The van der Waals surface area contributed by atoms with Gasteiger partial charge in [0.15, 0.2) is 6.73 Å². The molecule has 0 atom stereocenters. The molecule has 0 bridgehead atoms. The molecule has 2 aromatic carbocycles. The predicted octanol–water partition coefficient (Wildman–Crippen LogP) is 1.28. The average molecular weight is 416 g/mol. The largest absolute Gasteiger partial charge is 0.442 e. The molecule has 1 N–H and O–H groups in total. The Balaban J connectivity index is 1.55. The molecule has 3 aromatic rings. The van der Waals surface area contributed by atoms with Crippen LogP contribution in [-0.2, 0) is 26.3 Å². The predicted molar refractivity (Wildman–Crippen MR) is 106 cm³/mol. The highest BCUT2D eigenvalue weighted by atomic mass is 32.2. The van der Waals surface area contributed by atoms with Crippen molar-refractivity contribution in [2.45, 2.75) is 31.9 Å². The summed E-state index contributed by atoms with van der Waals surface area (Å²) < 4.78 is 33.0. The number of rotatable bonds is 7. The number of fused-ring (bicyclic) bond motifs is 1. The van der Waals surface area contributed by atoms with E-state index in [4.69, 9.17) is 4.74 Å². The van der Waals surface area contributed by atoms with E-state index in [0.717, 1.165) is 10.2 Å². The maximum atomic E-state index is 12.4. The summed E-state index contributed by atoms with van der Waals surface area (Å²) in [4.78, 5) is 24.3. The second kappa shape index (κ2) is 8.50. The average Bonchev–Trinajstić information content (AvgIpc) is 2.67. The van der Waals surface area contributed by atoms with Gasteiger partial charge in [-0.25, -0.2) is 13.1 Å². The van der Waals surface area contributed by atoms with Gasteiger partial charge in [0, 0.05) is 6.54 Å². The van der Waals surface area contributed by atoms with Gasteiger partial charge in [-0.15, -0.1) is 5.10 Å². The second-order valence-electron chi connectivity index (χ2n) is 6.47. The molecule has 1 aromatic heterocycles. The first-order chi connectivity index (χ1) is 13.8. The molecule has 0 saturated carbocycles. The van der Waals surface area contributed by atoms with Crippen LogP contribution in [0.3, 0.4) is 0 Å². The van der Waals surface area contributed by atoms with Gasteiger partial charge in [-0.3, -0.25) is 9.59 Å². The number of nitrogens with one attached hydrogen (secondary N) is 1. The quantitative estimate of drug-likeness (QED) is 0.576. The number of sulfonamides is 1. The Bertz CT molecular complexity index is 1220. The molecule has 0 aliphatic heterocycles. The molecule has 3 rings (SSSR count). The van der Waals surface area contributed by atoms with Crippen molar-refractivity contribution < 1.29 is 17.9 Å². The van der Waals surface area contributed by atoms with Crippen molar-refractivity contribution in [2.24, 2.45) is 0 Å². The van der Waals surface area contributed by atoms with Gasteiger partial charge in [0.05, 0.1) is 16.7 Å². The Hall–Kier alpha value is -3.11. The normalized spacial score (nSPS) is 11.5. The number of ether oxygens (including phenoxy) is 1. The first-order valence-electron chi connectivity index (χ1n) is 8.83. The van der Waals surface area contributed by atoms with Crippen LogP contribution in [0.25, 0.3) is 10.9 Å². The van der Waals surface area contributed by atoms with Gasteiger partial charge in [-0.1, -0.05) is 35.0 Å². The van der Waals surface area contributed by atoms with Crippen LogP contribution in [-0.4, -0.2) is 35.9 Å². The molecule has 9 nitrogen and oxygen atoms in total. The zero-order valence-electron chi connectivity index (χ0n) is 16.0. The Morgan fingerprint density at radius 2 is 1.93 bits per heavy atom. The fourth-order valence-corrected chi connectivity index (χ4v) is 4.04. The SMILES string of the molecule is Cc1ccc(S(=O)(=O)NCCC(=O)OCn2nnc3ccccc3c2=O)c(C)c1. The van der Waals surface area contributed by atoms with Crippen LogP contribution in [0.2, 0.25) is 0 Å². The van der Waals surface area contributed by atoms with Crippen LogP contribution in [0.4, 0.5) is 0 Å². The van der Waals surface area contributed by atoms with Crippen LogP contribution in [0, 0.1) is 13.8 Å². The fraction of sp³-hybridized carbons (Fsp3) is 0.263. The molecule has 0 saturated heterocycles. The highest BCUT2D eigenvalue weighted by Gasteiger charge is 2.17. The van der Waals surface area contributed by atoms with E-state index >= 15 is 0 Å². The van der Waals surface area contributed by atoms with Crippen LogP contribution in [0.15, 0.2) is 52.2 Å². The highest BCUT2D eigenvalue weighted by molar-refractivity contribution is 7.89. The van der Waals surface area contributed by atoms with E-state index in [2.05, 4.69) is 15.0 Å². The molecule has 1 heterocycles. The van der Waals surface area contributed by atoms with E-state index in [1.807, 2.05) is 6.92 Å². The fourth-order valence-electron chi connectivity index (χ4n) is 2.78. The van der Waals surface area contributed by atoms with E-state index in [0.29, 0.717) is 16.5 Å². The molecular formula is C19H20N4O5S. The Kier molecular flexibility index (Phi) is 6.04. The zero-order valence-corrected chi connectivity index (χ0v) is 16.8. The number of aryl methyl sites for hydroxylation is 2. The lowest BCUT2D eigenvalue weighted by molar-refractivity contribution is -0.147.